The minimum atomic E-state index is 0.278. The SMILES string of the molecule is CC/C=C/C(=O)CCCCC. The second-order valence-electron chi connectivity index (χ2n) is 2.73. The summed E-state index contributed by atoms with van der Waals surface area (Å²) in [6, 6.07) is 0. The molecule has 0 N–H and O–H groups in total. The molecule has 0 rings (SSSR count). The number of carbonyl (C=O) groups excluding carboxylic acids is 1. The van der Waals surface area contributed by atoms with Gasteiger partial charge in [0.05, 0.1) is 0 Å². The Hall–Kier alpha value is -0.590. The van der Waals surface area contributed by atoms with Crippen LogP contribution in [0.2, 0.25) is 0 Å². The Morgan fingerprint density at radius 1 is 1.27 bits per heavy atom. The molecule has 11 heavy (non-hydrogen) atoms. The first kappa shape index (κ1) is 10.4. The van der Waals surface area contributed by atoms with Crippen molar-refractivity contribution < 1.29 is 4.79 Å². The number of allylic oxidation sites excluding steroid dienone is 2. The van der Waals surface area contributed by atoms with E-state index in [1.54, 1.807) is 6.08 Å². The van der Waals surface area contributed by atoms with Crippen LogP contribution >= 0.6 is 0 Å². The molecule has 0 aliphatic heterocycles. The van der Waals surface area contributed by atoms with Crippen LogP contribution in [0.1, 0.15) is 46.0 Å². The summed E-state index contributed by atoms with van der Waals surface area (Å²) >= 11 is 0. The summed E-state index contributed by atoms with van der Waals surface area (Å²) in [6.45, 7) is 4.18. The molecule has 0 spiro atoms. The Labute approximate surface area is 69.5 Å². The Morgan fingerprint density at radius 3 is 2.55 bits per heavy atom. The molecule has 1 nitrogen and oxygen atoms in total. The molecular weight excluding hydrogens is 136 g/mol. The molecule has 64 valence electrons. The Kier molecular flexibility index (Phi) is 7.11. The lowest BCUT2D eigenvalue weighted by Crippen LogP contribution is -1.91. The molecule has 0 aliphatic rings. The average molecular weight is 154 g/mol. The van der Waals surface area contributed by atoms with Crippen molar-refractivity contribution in [3.05, 3.63) is 12.2 Å². The summed E-state index contributed by atoms with van der Waals surface area (Å²) in [5, 5.41) is 0. The molecule has 0 saturated carbocycles. The maximum atomic E-state index is 11.0. The summed E-state index contributed by atoms with van der Waals surface area (Å²) < 4.78 is 0. The number of unbranched alkanes of at least 4 members (excludes halogenated alkanes) is 2. The van der Waals surface area contributed by atoms with Gasteiger partial charge in [-0.25, -0.2) is 0 Å². The third-order valence-electron chi connectivity index (χ3n) is 1.57. The van der Waals surface area contributed by atoms with Crippen molar-refractivity contribution in [2.24, 2.45) is 0 Å². The maximum Gasteiger partial charge on any atom is 0.155 e. The lowest BCUT2D eigenvalue weighted by molar-refractivity contribution is -0.114. The van der Waals surface area contributed by atoms with Crippen LogP contribution in [-0.4, -0.2) is 5.78 Å². The zero-order valence-corrected chi connectivity index (χ0v) is 7.60. The van der Waals surface area contributed by atoms with E-state index in [0.717, 1.165) is 19.3 Å². The first-order valence-corrected chi connectivity index (χ1v) is 4.50. The summed E-state index contributed by atoms with van der Waals surface area (Å²) in [5.74, 6) is 0.278. The van der Waals surface area contributed by atoms with Crippen LogP contribution in [0.4, 0.5) is 0 Å². The monoisotopic (exact) mass is 154 g/mol. The molecule has 0 radical (unpaired) electrons. The molecule has 0 fully saturated rings. The van der Waals surface area contributed by atoms with Crippen molar-refractivity contribution in [3.8, 4) is 0 Å². The first-order chi connectivity index (χ1) is 5.31. The highest BCUT2D eigenvalue weighted by atomic mass is 16.1. The van der Waals surface area contributed by atoms with E-state index in [-0.39, 0.29) is 5.78 Å². The summed E-state index contributed by atoms with van der Waals surface area (Å²) in [4.78, 5) is 11.0. The molecule has 0 aliphatic carbocycles. The highest BCUT2D eigenvalue weighted by Crippen LogP contribution is 2.00. The fourth-order valence-corrected chi connectivity index (χ4v) is 0.882. The number of hydrogen-bond acceptors (Lipinski definition) is 1. The third-order valence-corrected chi connectivity index (χ3v) is 1.57. The lowest BCUT2D eigenvalue weighted by atomic mass is 10.1. The van der Waals surface area contributed by atoms with E-state index in [0.29, 0.717) is 0 Å². The van der Waals surface area contributed by atoms with Gasteiger partial charge in [0, 0.05) is 6.42 Å². The summed E-state index contributed by atoms with van der Waals surface area (Å²) in [5.41, 5.74) is 0. The predicted octanol–water partition coefficient (Wildman–Crippen LogP) is 3.10. The second kappa shape index (κ2) is 7.52. The third kappa shape index (κ3) is 7.31. The lowest BCUT2D eigenvalue weighted by Gasteiger charge is -1.92. The van der Waals surface area contributed by atoms with Crippen molar-refractivity contribution in [3.63, 3.8) is 0 Å². The van der Waals surface area contributed by atoms with E-state index in [1.807, 2.05) is 13.0 Å². The first-order valence-electron chi connectivity index (χ1n) is 4.50. The molecule has 0 heterocycles. The smallest absolute Gasteiger partial charge is 0.155 e. The van der Waals surface area contributed by atoms with Crippen molar-refractivity contribution in [1.29, 1.82) is 0 Å². The standard InChI is InChI=1S/C10H18O/c1-3-5-7-9-10(11)8-6-4-2/h6,8H,3-5,7,9H2,1-2H3/b8-6+. The van der Waals surface area contributed by atoms with Gasteiger partial charge in [0.15, 0.2) is 5.78 Å². The van der Waals surface area contributed by atoms with E-state index in [4.69, 9.17) is 0 Å². The van der Waals surface area contributed by atoms with Crippen LogP contribution in [0.3, 0.4) is 0 Å². The van der Waals surface area contributed by atoms with Crippen LogP contribution in [-0.2, 0) is 4.79 Å². The minimum Gasteiger partial charge on any atom is -0.295 e. The zero-order valence-electron chi connectivity index (χ0n) is 7.60. The van der Waals surface area contributed by atoms with Gasteiger partial charge < -0.3 is 0 Å². The van der Waals surface area contributed by atoms with Crippen molar-refractivity contribution >= 4 is 5.78 Å². The summed E-state index contributed by atoms with van der Waals surface area (Å²) in [6.07, 6.45) is 8.72. The summed E-state index contributed by atoms with van der Waals surface area (Å²) in [7, 11) is 0. The fraction of sp³-hybridized carbons (Fsp3) is 0.700. The van der Waals surface area contributed by atoms with Gasteiger partial charge in [-0.15, -0.1) is 0 Å². The molecule has 0 aromatic rings. The van der Waals surface area contributed by atoms with E-state index in [2.05, 4.69) is 6.92 Å². The highest BCUT2D eigenvalue weighted by Gasteiger charge is 1.93. The van der Waals surface area contributed by atoms with Gasteiger partial charge in [0.25, 0.3) is 0 Å². The number of hydrogen-bond donors (Lipinski definition) is 0. The van der Waals surface area contributed by atoms with Crippen LogP contribution in [0.5, 0.6) is 0 Å². The van der Waals surface area contributed by atoms with Gasteiger partial charge in [0.1, 0.15) is 0 Å². The van der Waals surface area contributed by atoms with Crippen LogP contribution in [0.25, 0.3) is 0 Å². The van der Waals surface area contributed by atoms with Gasteiger partial charge >= 0.3 is 0 Å². The molecule has 0 bridgehead atoms. The van der Waals surface area contributed by atoms with E-state index < -0.39 is 0 Å². The Bertz CT molecular complexity index is 125. The number of rotatable bonds is 6. The molecule has 0 saturated heterocycles. The molecule has 0 amide bonds. The molecule has 0 aromatic heterocycles. The molecular formula is C10H18O. The van der Waals surface area contributed by atoms with Gasteiger partial charge in [-0.2, -0.15) is 0 Å². The molecule has 0 aromatic carbocycles. The van der Waals surface area contributed by atoms with E-state index >= 15 is 0 Å². The van der Waals surface area contributed by atoms with E-state index in [1.165, 1.54) is 12.8 Å². The van der Waals surface area contributed by atoms with E-state index in [9.17, 15) is 4.79 Å². The largest absolute Gasteiger partial charge is 0.295 e. The fourth-order valence-electron chi connectivity index (χ4n) is 0.882. The van der Waals surface area contributed by atoms with Crippen LogP contribution < -0.4 is 0 Å². The second-order valence-corrected chi connectivity index (χ2v) is 2.73. The van der Waals surface area contributed by atoms with Gasteiger partial charge in [-0.05, 0) is 18.9 Å². The topological polar surface area (TPSA) is 17.1 Å². The van der Waals surface area contributed by atoms with Crippen LogP contribution in [0.15, 0.2) is 12.2 Å². The number of carbonyl (C=O) groups is 1. The average Bonchev–Trinajstić information content (AvgIpc) is 2.01. The van der Waals surface area contributed by atoms with Crippen molar-refractivity contribution in [2.45, 2.75) is 46.0 Å². The molecule has 0 unspecified atom stereocenters. The normalized spacial score (nSPS) is 10.7. The highest BCUT2D eigenvalue weighted by molar-refractivity contribution is 5.89. The van der Waals surface area contributed by atoms with Crippen molar-refractivity contribution in [1.82, 2.24) is 0 Å². The minimum absolute atomic E-state index is 0.278. The zero-order chi connectivity index (χ0) is 8.53. The predicted molar refractivity (Wildman–Crippen MR) is 48.6 cm³/mol. The van der Waals surface area contributed by atoms with Gasteiger partial charge in [0.2, 0.25) is 0 Å². The maximum absolute atomic E-state index is 11.0. The Morgan fingerprint density at radius 2 is 2.00 bits per heavy atom. The van der Waals surface area contributed by atoms with Gasteiger partial charge in [-0.3, -0.25) is 4.79 Å². The van der Waals surface area contributed by atoms with Crippen molar-refractivity contribution in [2.75, 3.05) is 0 Å². The van der Waals surface area contributed by atoms with Gasteiger partial charge in [-0.1, -0.05) is 32.8 Å². The Balaban J connectivity index is 3.30. The number of ketones is 1. The molecule has 0 atom stereocenters. The van der Waals surface area contributed by atoms with Crippen LogP contribution in [0, 0.1) is 0 Å². The molecule has 1 heteroatoms. The quantitative estimate of drug-likeness (QED) is 0.424.